The van der Waals surface area contributed by atoms with Crippen molar-refractivity contribution < 1.29 is 0 Å². The van der Waals surface area contributed by atoms with E-state index in [0.717, 1.165) is 42.2 Å². The van der Waals surface area contributed by atoms with Crippen molar-refractivity contribution in [3.05, 3.63) is 56.0 Å². The van der Waals surface area contributed by atoms with Crippen LogP contribution in [0.3, 0.4) is 0 Å². The molecule has 0 saturated carbocycles. The molecular formula is C14H16N4OS. The van der Waals surface area contributed by atoms with Crippen LogP contribution in [0.4, 0.5) is 0 Å². The van der Waals surface area contributed by atoms with Crippen LogP contribution in [0.15, 0.2) is 23.0 Å². The van der Waals surface area contributed by atoms with E-state index < -0.39 is 0 Å². The zero-order valence-electron chi connectivity index (χ0n) is 11.3. The van der Waals surface area contributed by atoms with E-state index in [4.69, 9.17) is 12.2 Å². The lowest BCUT2D eigenvalue weighted by Crippen LogP contribution is -2.35. The van der Waals surface area contributed by atoms with Crippen LogP contribution >= 0.6 is 12.2 Å². The molecule has 3 rings (SSSR count). The number of hydrogen-bond donors (Lipinski definition) is 2. The molecule has 104 valence electrons. The Kier molecular flexibility index (Phi) is 3.50. The summed E-state index contributed by atoms with van der Waals surface area (Å²) in [7, 11) is 0. The van der Waals surface area contributed by atoms with E-state index in [1.54, 1.807) is 0 Å². The first-order chi connectivity index (χ1) is 9.61. The fourth-order valence-corrected chi connectivity index (χ4v) is 2.78. The molecule has 0 atom stereocenters. The molecule has 1 aliphatic rings. The number of H-pyrrole nitrogens is 2. The van der Waals surface area contributed by atoms with Gasteiger partial charge in [-0.05, 0) is 31.3 Å². The van der Waals surface area contributed by atoms with Crippen LogP contribution in [0.2, 0.25) is 0 Å². The molecular weight excluding hydrogens is 272 g/mol. The van der Waals surface area contributed by atoms with Gasteiger partial charge in [-0.25, -0.2) is 0 Å². The van der Waals surface area contributed by atoms with Gasteiger partial charge in [-0.2, -0.15) is 0 Å². The molecule has 0 spiro atoms. The largest absolute Gasteiger partial charge is 0.335 e. The lowest BCUT2D eigenvalue weighted by molar-refractivity contribution is 0.238. The van der Waals surface area contributed by atoms with Gasteiger partial charge in [-0.15, -0.1) is 0 Å². The number of aromatic amines is 2. The van der Waals surface area contributed by atoms with Crippen molar-refractivity contribution in [3.63, 3.8) is 0 Å². The van der Waals surface area contributed by atoms with Crippen molar-refractivity contribution in [2.45, 2.75) is 26.4 Å². The van der Waals surface area contributed by atoms with E-state index in [-0.39, 0.29) is 5.56 Å². The molecule has 0 radical (unpaired) electrons. The number of aromatic nitrogens is 3. The van der Waals surface area contributed by atoms with Crippen molar-refractivity contribution in [2.75, 3.05) is 6.54 Å². The van der Waals surface area contributed by atoms with Gasteiger partial charge in [0, 0.05) is 37.4 Å². The van der Waals surface area contributed by atoms with E-state index in [1.165, 1.54) is 0 Å². The van der Waals surface area contributed by atoms with Gasteiger partial charge in [0.2, 0.25) is 0 Å². The van der Waals surface area contributed by atoms with Crippen LogP contribution in [0.5, 0.6) is 0 Å². The number of hydrogen-bond acceptors (Lipinski definition) is 4. The minimum atomic E-state index is -0.0781. The smallest absolute Gasteiger partial charge is 0.256 e. The number of rotatable bonds is 2. The molecule has 5 nitrogen and oxygen atoms in total. The van der Waals surface area contributed by atoms with Crippen molar-refractivity contribution >= 4 is 12.2 Å². The molecule has 2 N–H and O–H groups in total. The number of pyridine rings is 1. The number of nitrogens with zero attached hydrogens (tertiary/aromatic N) is 2. The van der Waals surface area contributed by atoms with E-state index >= 15 is 0 Å². The highest BCUT2D eigenvalue weighted by Gasteiger charge is 2.19. The van der Waals surface area contributed by atoms with E-state index in [9.17, 15) is 4.79 Å². The zero-order valence-corrected chi connectivity index (χ0v) is 12.1. The summed E-state index contributed by atoms with van der Waals surface area (Å²) in [6.07, 6.45) is 0.814. The molecule has 0 bridgehead atoms. The fraction of sp³-hybridized carbons (Fsp3) is 0.357. The van der Waals surface area contributed by atoms with E-state index in [0.29, 0.717) is 11.3 Å². The predicted octanol–water partition coefficient (Wildman–Crippen LogP) is 1.69. The molecule has 0 saturated heterocycles. The molecule has 3 heterocycles. The molecule has 1 aliphatic heterocycles. The molecule has 0 aliphatic carbocycles. The first-order valence-corrected chi connectivity index (χ1v) is 7.02. The van der Waals surface area contributed by atoms with Crippen LogP contribution < -0.4 is 5.56 Å². The maximum absolute atomic E-state index is 12.0. The Hall–Kier alpha value is -1.79. The van der Waals surface area contributed by atoms with Gasteiger partial charge in [-0.3, -0.25) is 19.7 Å². The number of nitrogens with one attached hydrogen (secondary N) is 2. The first kappa shape index (κ1) is 13.2. The average Bonchev–Trinajstić information content (AvgIpc) is 2.39. The summed E-state index contributed by atoms with van der Waals surface area (Å²) in [5.41, 5.74) is 3.73. The maximum Gasteiger partial charge on any atom is 0.256 e. The van der Waals surface area contributed by atoms with Gasteiger partial charge in [0.05, 0.1) is 11.3 Å². The van der Waals surface area contributed by atoms with E-state index in [2.05, 4.69) is 19.9 Å². The number of aryl methyl sites for hydroxylation is 1. The van der Waals surface area contributed by atoms with Gasteiger partial charge < -0.3 is 4.98 Å². The minimum absolute atomic E-state index is 0.0781. The first-order valence-electron chi connectivity index (χ1n) is 6.61. The zero-order chi connectivity index (χ0) is 14.1. The topological polar surface area (TPSA) is 64.8 Å². The highest BCUT2D eigenvalue weighted by atomic mass is 32.1. The molecule has 0 aromatic carbocycles. The van der Waals surface area contributed by atoms with Crippen molar-refractivity contribution in [1.29, 1.82) is 0 Å². The lowest BCUT2D eigenvalue weighted by atomic mass is 10.1. The van der Waals surface area contributed by atoms with Crippen molar-refractivity contribution in [3.8, 4) is 0 Å². The van der Waals surface area contributed by atoms with Crippen LogP contribution in [0.25, 0.3) is 0 Å². The highest BCUT2D eigenvalue weighted by Crippen LogP contribution is 2.15. The summed E-state index contributed by atoms with van der Waals surface area (Å²) in [5.74, 6) is 0. The SMILES string of the molecule is Cc1cccc(CN2CCc3[nH]c(=S)[nH]c(=O)c3C2)n1. The van der Waals surface area contributed by atoms with Crippen LogP contribution in [-0.4, -0.2) is 26.4 Å². The molecule has 20 heavy (non-hydrogen) atoms. The van der Waals surface area contributed by atoms with Crippen LogP contribution in [0, 0.1) is 11.7 Å². The summed E-state index contributed by atoms with van der Waals surface area (Å²) < 4.78 is 0.405. The Morgan fingerprint density at radius 2 is 2.25 bits per heavy atom. The molecule has 0 unspecified atom stereocenters. The molecule has 2 aromatic heterocycles. The summed E-state index contributed by atoms with van der Waals surface area (Å²) in [5, 5.41) is 0. The normalized spacial score (nSPS) is 15.1. The average molecular weight is 288 g/mol. The van der Waals surface area contributed by atoms with Gasteiger partial charge in [0.15, 0.2) is 4.77 Å². The monoisotopic (exact) mass is 288 g/mol. The Morgan fingerprint density at radius 1 is 1.40 bits per heavy atom. The lowest BCUT2D eigenvalue weighted by Gasteiger charge is -2.27. The quantitative estimate of drug-likeness (QED) is 0.826. The third-order valence-electron chi connectivity index (χ3n) is 3.52. The van der Waals surface area contributed by atoms with Gasteiger partial charge in [0.1, 0.15) is 0 Å². The van der Waals surface area contributed by atoms with Crippen LogP contribution in [-0.2, 0) is 19.5 Å². The Balaban J connectivity index is 1.82. The second kappa shape index (κ2) is 5.30. The summed E-state index contributed by atoms with van der Waals surface area (Å²) in [6, 6.07) is 6.02. The molecule has 0 fully saturated rings. The second-order valence-electron chi connectivity index (χ2n) is 5.10. The Bertz CT molecular complexity index is 749. The van der Waals surface area contributed by atoms with Crippen molar-refractivity contribution in [1.82, 2.24) is 19.9 Å². The predicted molar refractivity (Wildman–Crippen MR) is 79.0 cm³/mol. The molecule has 2 aromatic rings. The number of fused-ring (bicyclic) bond motifs is 1. The fourth-order valence-electron chi connectivity index (χ4n) is 2.56. The van der Waals surface area contributed by atoms with Crippen LogP contribution in [0.1, 0.15) is 22.6 Å². The minimum Gasteiger partial charge on any atom is -0.335 e. The molecule has 0 amide bonds. The third kappa shape index (κ3) is 2.71. The Morgan fingerprint density at radius 3 is 3.05 bits per heavy atom. The molecule has 6 heteroatoms. The van der Waals surface area contributed by atoms with Gasteiger partial charge in [-0.1, -0.05) is 6.07 Å². The highest BCUT2D eigenvalue weighted by molar-refractivity contribution is 7.71. The maximum atomic E-state index is 12.0. The second-order valence-corrected chi connectivity index (χ2v) is 5.50. The summed E-state index contributed by atoms with van der Waals surface area (Å²) in [4.78, 5) is 24.4. The summed E-state index contributed by atoms with van der Waals surface area (Å²) >= 11 is 5.00. The summed E-state index contributed by atoms with van der Waals surface area (Å²) in [6.45, 7) is 4.28. The van der Waals surface area contributed by atoms with Crippen molar-refractivity contribution in [2.24, 2.45) is 0 Å². The van der Waals surface area contributed by atoms with Gasteiger partial charge in [0.25, 0.3) is 5.56 Å². The standard InChI is InChI=1S/C14H16N4OS/c1-9-3-2-4-10(15-9)7-18-6-5-12-11(8-18)13(19)17-14(20)16-12/h2-4H,5-8H2,1H3,(H2,16,17,19,20). The van der Waals surface area contributed by atoms with E-state index in [1.807, 2.05) is 25.1 Å². The third-order valence-corrected chi connectivity index (χ3v) is 3.73. The van der Waals surface area contributed by atoms with Gasteiger partial charge >= 0.3 is 0 Å². The Labute approximate surface area is 121 Å².